The lowest BCUT2D eigenvalue weighted by molar-refractivity contribution is 0.584. The minimum atomic E-state index is 0.744. The molecule has 1 aliphatic carbocycles. The van der Waals surface area contributed by atoms with Crippen molar-refractivity contribution in [3.05, 3.63) is 11.8 Å². The molecule has 2 aliphatic rings. The van der Waals surface area contributed by atoms with Crippen LogP contribution in [-0.4, -0.2) is 5.71 Å². The third-order valence-corrected chi connectivity index (χ3v) is 2.56. The first-order valence-electron chi connectivity index (χ1n) is 4.11. The predicted octanol–water partition coefficient (Wildman–Crippen LogP) is 2.54. The molecular weight excluding hydrogens is 122 g/mol. The molecule has 1 aliphatic heterocycles. The van der Waals surface area contributed by atoms with E-state index in [4.69, 9.17) is 0 Å². The molecule has 0 bridgehead atoms. The molecule has 2 rings (SSSR count). The van der Waals surface area contributed by atoms with Crippen LogP contribution < -0.4 is 0 Å². The Morgan fingerprint density at radius 2 is 2.40 bits per heavy atom. The molecule has 0 amide bonds. The lowest BCUT2D eigenvalue weighted by Gasteiger charge is -2.19. The highest BCUT2D eigenvalue weighted by Gasteiger charge is 2.24. The van der Waals surface area contributed by atoms with Gasteiger partial charge in [0.15, 0.2) is 0 Å². The summed E-state index contributed by atoms with van der Waals surface area (Å²) in [7, 11) is 0. The zero-order chi connectivity index (χ0) is 6.97. The van der Waals surface area contributed by atoms with Crippen molar-refractivity contribution in [3.8, 4) is 0 Å². The maximum Gasteiger partial charge on any atom is 0.0263 e. The van der Waals surface area contributed by atoms with Gasteiger partial charge in [0.05, 0.1) is 0 Å². The lowest BCUT2D eigenvalue weighted by atomic mass is 9.84. The second-order valence-corrected chi connectivity index (χ2v) is 3.29. The van der Waals surface area contributed by atoms with Crippen LogP contribution >= 0.6 is 0 Å². The Hall–Kier alpha value is -0.590. The topological polar surface area (TPSA) is 12.4 Å². The van der Waals surface area contributed by atoms with Crippen LogP contribution in [-0.2, 0) is 0 Å². The van der Waals surface area contributed by atoms with Crippen molar-refractivity contribution in [2.75, 3.05) is 0 Å². The first kappa shape index (κ1) is 6.14. The summed E-state index contributed by atoms with van der Waals surface area (Å²) in [6.07, 6.45) is 7.40. The monoisotopic (exact) mass is 135 g/mol. The van der Waals surface area contributed by atoms with Crippen molar-refractivity contribution in [2.45, 2.75) is 32.6 Å². The minimum absolute atomic E-state index is 0.744. The number of aliphatic imine (C=N–C) groups is 1. The van der Waals surface area contributed by atoms with E-state index in [1.54, 1.807) is 0 Å². The van der Waals surface area contributed by atoms with Crippen molar-refractivity contribution >= 4 is 5.71 Å². The van der Waals surface area contributed by atoms with Gasteiger partial charge >= 0.3 is 0 Å². The third kappa shape index (κ3) is 0.808. The maximum atomic E-state index is 4.39. The summed E-state index contributed by atoms with van der Waals surface area (Å²) >= 11 is 0. The Kier molecular flexibility index (Phi) is 1.37. The molecule has 0 aromatic heterocycles. The van der Waals surface area contributed by atoms with E-state index in [1.165, 1.54) is 37.0 Å². The fourth-order valence-corrected chi connectivity index (χ4v) is 1.92. The summed E-state index contributed by atoms with van der Waals surface area (Å²) < 4.78 is 0. The van der Waals surface area contributed by atoms with Gasteiger partial charge in [0.25, 0.3) is 0 Å². The van der Waals surface area contributed by atoms with E-state index in [-0.39, 0.29) is 0 Å². The summed E-state index contributed by atoms with van der Waals surface area (Å²) in [6, 6.07) is 0. The Morgan fingerprint density at radius 1 is 1.50 bits per heavy atom. The molecule has 0 radical (unpaired) electrons. The van der Waals surface area contributed by atoms with Crippen molar-refractivity contribution in [2.24, 2.45) is 10.9 Å². The average molecular weight is 135 g/mol. The molecule has 0 N–H and O–H groups in total. The van der Waals surface area contributed by atoms with E-state index < -0.39 is 0 Å². The number of hydrogen-bond acceptors (Lipinski definition) is 1. The van der Waals surface area contributed by atoms with Crippen LogP contribution in [0.4, 0.5) is 0 Å². The molecular formula is C9H13N. The third-order valence-electron chi connectivity index (χ3n) is 2.56. The smallest absolute Gasteiger partial charge is 0.0263 e. The Bertz CT molecular complexity index is 201. The summed E-state index contributed by atoms with van der Waals surface area (Å²) in [5, 5.41) is 0. The van der Waals surface area contributed by atoms with Gasteiger partial charge in [0.2, 0.25) is 0 Å². The van der Waals surface area contributed by atoms with Crippen LogP contribution in [0.1, 0.15) is 32.6 Å². The van der Waals surface area contributed by atoms with Crippen molar-refractivity contribution in [1.82, 2.24) is 0 Å². The largest absolute Gasteiger partial charge is 0.265 e. The molecule has 1 heterocycles. The van der Waals surface area contributed by atoms with Crippen molar-refractivity contribution in [3.63, 3.8) is 0 Å². The fraction of sp³-hybridized carbons (Fsp3) is 0.667. The Labute approximate surface area is 61.9 Å². The van der Waals surface area contributed by atoms with Gasteiger partial charge in [-0.25, -0.2) is 0 Å². The molecule has 1 atom stereocenters. The summed E-state index contributed by atoms with van der Waals surface area (Å²) in [5.74, 6) is 0.744. The van der Waals surface area contributed by atoms with E-state index in [0.717, 1.165) is 5.92 Å². The Morgan fingerprint density at radius 3 is 3.20 bits per heavy atom. The van der Waals surface area contributed by atoms with Crippen molar-refractivity contribution in [1.29, 1.82) is 0 Å². The molecule has 1 heteroatoms. The average Bonchev–Trinajstić information content (AvgIpc) is 2.34. The number of hydrogen-bond donors (Lipinski definition) is 0. The van der Waals surface area contributed by atoms with Crippen LogP contribution in [0.5, 0.6) is 0 Å². The maximum absolute atomic E-state index is 4.39. The van der Waals surface area contributed by atoms with Gasteiger partial charge in [0.1, 0.15) is 0 Å². The normalized spacial score (nSPS) is 31.1. The van der Waals surface area contributed by atoms with Gasteiger partial charge in [-0.3, -0.25) is 4.99 Å². The second kappa shape index (κ2) is 2.22. The molecule has 0 spiro atoms. The zero-order valence-electron chi connectivity index (χ0n) is 6.43. The van der Waals surface area contributed by atoms with Crippen LogP contribution in [0.2, 0.25) is 0 Å². The predicted molar refractivity (Wildman–Crippen MR) is 43.2 cm³/mol. The van der Waals surface area contributed by atoms with Crippen LogP contribution in [0, 0.1) is 5.92 Å². The highest BCUT2D eigenvalue weighted by atomic mass is 14.8. The molecule has 1 saturated carbocycles. The molecule has 1 fully saturated rings. The molecule has 1 nitrogen and oxygen atoms in total. The molecule has 0 aromatic carbocycles. The fourth-order valence-electron chi connectivity index (χ4n) is 1.92. The second-order valence-electron chi connectivity index (χ2n) is 3.29. The number of nitrogens with zero attached hydrogens (tertiary/aromatic N) is 1. The van der Waals surface area contributed by atoms with E-state index in [0.29, 0.717) is 0 Å². The van der Waals surface area contributed by atoms with E-state index in [9.17, 15) is 0 Å². The van der Waals surface area contributed by atoms with E-state index in [2.05, 4.69) is 11.9 Å². The van der Waals surface area contributed by atoms with Gasteiger partial charge in [0, 0.05) is 17.8 Å². The summed E-state index contributed by atoms with van der Waals surface area (Å²) in [4.78, 5) is 4.39. The van der Waals surface area contributed by atoms with Gasteiger partial charge in [-0.1, -0.05) is 6.42 Å². The molecule has 10 heavy (non-hydrogen) atoms. The minimum Gasteiger partial charge on any atom is -0.265 e. The van der Waals surface area contributed by atoms with E-state index >= 15 is 0 Å². The van der Waals surface area contributed by atoms with Gasteiger partial charge in [-0.2, -0.15) is 0 Å². The summed E-state index contributed by atoms with van der Waals surface area (Å²) in [6.45, 7) is 2.20. The quantitative estimate of drug-likeness (QED) is 0.484. The van der Waals surface area contributed by atoms with Crippen LogP contribution in [0.25, 0.3) is 0 Å². The van der Waals surface area contributed by atoms with Gasteiger partial charge < -0.3 is 0 Å². The number of rotatable bonds is 0. The molecule has 54 valence electrons. The van der Waals surface area contributed by atoms with Crippen LogP contribution in [0.15, 0.2) is 16.8 Å². The standard InChI is InChI=1S/C9H13N/c1-7-6-10-9-5-3-2-4-8(7)9/h6,8H,2-5H2,1H3. The number of fused-ring (bicyclic) bond motifs is 1. The summed E-state index contributed by atoms with van der Waals surface area (Å²) in [5.41, 5.74) is 2.93. The van der Waals surface area contributed by atoms with Crippen LogP contribution in [0.3, 0.4) is 0 Å². The lowest BCUT2D eigenvalue weighted by Crippen LogP contribution is -2.16. The van der Waals surface area contributed by atoms with Gasteiger partial charge in [-0.05, 0) is 31.8 Å². The van der Waals surface area contributed by atoms with Gasteiger partial charge in [-0.15, -0.1) is 0 Å². The molecule has 0 saturated heterocycles. The van der Waals surface area contributed by atoms with Crippen molar-refractivity contribution < 1.29 is 0 Å². The highest BCUT2D eigenvalue weighted by molar-refractivity contribution is 5.92. The highest BCUT2D eigenvalue weighted by Crippen LogP contribution is 2.31. The molecule has 1 unspecified atom stereocenters. The van der Waals surface area contributed by atoms with E-state index in [1.807, 2.05) is 6.20 Å². The number of allylic oxidation sites excluding steroid dienone is 1. The first-order valence-corrected chi connectivity index (χ1v) is 4.11. The molecule has 0 aromatic rings. The first-order chi connectivity index (χ1) is 4.88. The Balaban J connectivity index is 2.19. The SMILES string of the molecule is CC1=CN=C2CCCCC12. The zero-order valence-corrected chi connectivity index (χ0v) is 6.43.